The van der Waals surface area contributed by atoms with Crippen LogP contribution >= 0.6 is 23.2 Å². The number of allylic oxidation sites excluding steroid dienone is 2. The zero-order valence-electron chi connectivity index (χ0n) is 16.3. The van der Waals surface area contributed by atoms with Crippen molar-refractivity contribution in [1.29, 1.82) is 0 Å². The van der Waals surface area contributed by atoms with Gasteiger partial charge in [-0.3, -0.25) is 0 Å². The molecule has 0 bridgehead atoms. The summed E-state index contributed by atoms with van der Waals surface area (Å²) in [5, 5.41) is 4.53. The van der Waals surface area contributed by atoms with Gasteiger partial charge in [0.2, 0.25) is 0 Å². The quantitative estimate of drug-likeness (QED) is 0.696. The van der Waals surface area contributed by atoms with E-state index < -0.39 is 0 Å². The van der Waals surface area contributed by atoms with Gasteiger partial charge in [-0.05, 0) is 24.6 Å². The molecule has 2 aliphatic heterocycles. The lowest BCUT2D eigenvalue weighted by molar-refractivity contribution is 0.315. The Kier molecular flexibility index (Phi) is 8.39. The Bertz CT molecular complexity index is 679. The number of anilines is 1. The van der Waals surface area contributed by atoms with Crippen molar-refractivity contribution < 1.29 is 0 Å². The summed E-state index contributed by atoms with van der Waals surface area (Å²) < 4.78 is 0. The summed E-state index contributed by atoms with van der Waals surface area (Å²) in [5.41, 5.74) is 3.60. The van der Waals surface area contributed by atoms with Crippen LogP contribution in [0.4, 0.5) is 5.69 Å². The van der Waals surface area contributed by atoms with Crippen LogP contribution in [0.15, 0.2) is 55.0 Å². The molecular formula is C21H30Cl2N4. The first kappa shape index (κ1) is 21.5. The highest BCUT2D eigenvalue weighted by molar-refractivity contribution is 6.36. The molecule has 2 heterocycles. The fourth-order valence-electron chi connectivity index (χ4n) is 3.10. The molecule has 27 heavy (non-hydrogen) atoms. The van der Waals surface area contributed by atoms with E-state index in [0.29, 0.717) is 5.02 Å². The van der Waals surface area contributed by atoms with Crippen molar-refractivity contribution >= 4 is 28.9 Å². The standard InChI is InChI=1S/C14H18Cl2N2.C7H12N2/c1-3-11(2)17-6-8-18(9-7-17)14-5-4-12(15)10-13(14)16;1-3-4-7-5-8-6-9(7)2/h4-5,10H,2-3,6-9H2,1H3;3,5,8H,1,4,6H2,2H3. The average Bonchev–Trinajstić information content (AvgIpc) is 3.07. The van der Waals surface area contributed by atoms with Gasteiger partial charge in [0.25, 0.3) is 0 Å². The minimum atomic E-state index is 0.682. The van der Waals surface area contributed by atoms with E-state index in [4.69, 9.17) is 23.2 Å². The van der Waals surface area contributed by atoms with Crippen molar-refractivity contribution in [2.24, 2.45) is 0 Å². The van der Waals surface area contributed by atoms with Crippen molar-refractivity contribution in [3.05, 3.63) is 65.1 Å². The predicted octanol–water partition coefficient (Wildman–Crippen LogP) is 4.94. The highest BCUT2D eigenvalue weighted by Gasteiger charge is 2.19. The first-order valence-corrected chi connectivity index (χ1v) is 10.1. The summed E-state index contributed by atoms with van der Waals surface area (Å²) in [6.07, 6.45) is 5.92. The van der Waals surface area contributed by atoms with E-state index in [1.165, 1.54) is 11.4 Å². The average molecular weight is 409 g/mol. The van der Waals surface area contributed by atoms with Crippen LogP contribution in [0.3, 0.4) is 0 Å². The lowest BCUT2D eigenvalue weighted by Crippen LogP contribution is -2.45. The molecule has 0 spiro atoms. The summed E-state index contributed by atoms with van der Waals surface area (Å²) in [6.45, 7) is 14.8. The minimum Gasteiger partial charge on any atom is -0.372 e. The van der Waals surface area contributed by atoms with Gasteiger partial charge in [-0.1, -0.05) is 42.8 Å². The second-order valence-corrected chi connectivity index (χ2v) is 7.52. The van der Waals surface area contributed by atoms with Crippen LogP contribution in [0.25, 0.3) is 0 Å². The van der Waals surface area contributed by atoms with Crippen molar-refractivity contribution in [1.82, 2.24) is 15.1 Å². The molecule has 1 saturated heterocycles. The van der Waals surface area contributed by atoms with E-state index in [-0.39, 0.29) is 0 Å². The zero-order valence-corrected chi connectivity index (χ0v) is 17.9. The maximum absolute atomic E-state index is 6.23. The number of nitrogens with zero attached hydrogens (tertiary/aromatic N) is 3. The Labute approximate surface area is 173 Å². The van der Waals surface area contributed by atoms with E-state index in [9.17, 15) is 0 Å². The predicted molar refractivity (Wildman–Crippen MR) is 118 cm³/mol. The number of piperazine rings is 1. The van der Waals surface area contributed by atoms with E-state index in [1.54, 1.807) is 6.07 Å². The summed E-state index contributed by atoms with van der Waals surface area (Å²) >= 11 is 12.1. The molecular weight excluding hydrogens is 379 g/mol. The smallest absolute Gasteiger partial charge is 0.0867 e. The highest BCUT2D eigenvalue weighted by Crippen LogP contribution is 2.29. The molecule has 3 rings (SSSR count). The van der Waals surface area contributed by atoms with Crippen LogP contribution in [-0.4, -0.2) is 49.7 Å². The van der Waals surface area contributed by atoms with Gasteiger partial charge in [0.1, 0.15) is 0 Å². The molecule has 0 unspecified atom stereocenters. The normalized spacial score (nSPS) is 16.3. The van der Waals surface area contributed by atoms with Crippen LogP contribution < -0.4 is 10.2 Å². The monoisotopic (exact) mass is 408 g/mol. The van der Waals surface area contributed by atoms with Gasteiger partial charge >= 0.3 is 0 Å². The third-order valence-electron chi connectivity index (χ3n) is 4.83. The third-order valence-corrected chi connectivity index (χ3v) is 5.36. The van der Waals surface area contributed by atoms with Crippen LogP contribution in [0.2, 0.25) is 10.0 Å². The molecule has 1 fully saturated rings. The summed E-state index contributed by atoms with van der Waals surface area (Å²) in [5.74, 6) is 0. The lowest BCUT2D eigenvalue weighted by atomic mass is 10.2. The van der Waals surface area contributed by atoms with Gasteiger partial charge in [0.15, 0.2) is 0 Å². The van der Waals surface area contributed by atoms with Crippen molar-refractivity contribution in [3.8, 4) is 0 Å². The Hall–Kier alpha value is -1.78. The molecule has 4 nitrogen and oxygen atoms in total. The van der Waals surface area contributed by atoms with Gasteiger partial charge in [-0.25, -0.2) is 0 Å². The maximum Gasteiger partial charge on any atom is 0.0867 e. The molecule has 0 aromatic heterocycles. The number of hydrogen-bond donors (Lipinski definition) is 1. The molecule has 1 aromatic rings. The summed E-state index contributed by atoms with van der Waals surface area (Å²) in [4.78, 5) is 6.82. The van der Waals surface area contributed by atoms with Crippen LogP contribution in [0.5, 0.6) is 0 Å². The Balaban J connectivity index is 0.000000244. The number of nitrogens with one attached hydrogen (secondary N) is 1. The highest BCUT2D eigenvalue weighted by atomic mass is 35.5. The molecule has 1 aromatic carbocycles. The number of benzene rings is 1. The van der Waals surface area contributed by atoms with E-state index in [0.717, 1.165) is 56.4 Å². The Morgan fingerprint density at radius 1 is 1.22 bits per heavy atom. The number of rotatable bonds is 5. The number of halogens is 2. The Morgan fingerprint density at radius 3 is 2.44 bits per heavy atom. The van der Waals surface area contributed by atoms with Gasteiger partial charge in [0, 0.05) is 62.3 Å². The van der Waals surface area contributed by atoms with Gasteiger partial charge in [-0.2, -0.15) is 0 Å². The molecule has 6 heteroatoms. The molecule has 0 atom stereocenters. The maximum atomic E-state index is 6.23. The first-order valence-electron chi connectivity index (χ1n) is 9.33. The SMILES string of the molecule is C=C(CC)N1CCN(c2ccc(Cl)cc2Cl)CC1.C=CCC1=CNCN1C. The van der Waals surface area contributed by atoms with Crippen molar-refractivity contribution in [2.45, 2.75) is 19.8 Å². The van der Waals surface area contributed by atoms with Gasteiger partial charge in [0.05, 0.1) is 17.4 Å². The van der Waals surface area contributed by atoms with Crippen LogP contribution in [0.1, 0.15) is 19.8 Å². The van der Waals surface area contributed by atoms with E-state index >= 15 is 0 Å². The minimum absolute atomic E-state index is 0.682. The largest absolute Gasteiger partial charge is 0.372 e. The molecule has 2 aliphatic rings. The van der Waals surface area contributed by atoms with E-state index in [2.05, 4.69) is 47.1 Å². The number of hydrogen-bond acceptors (Lipinski definition) is 4. The van der Waals surface area contributed by atoms with Crippen LogP contribution in [-0.2, 0) is 0 Å². The van der Waals surface area contributed by atoms with Crippen molar-refractivity contribution in [2.75, 3.05) is 44.8 Å². The molecule has 0 amide bonds. The molecule has 1 N–H and O–H groups in total. The summed E-state index contributed by atoms with van der Waals surface area (Å²) in [7, 11) is 2.06. The Morgan fingerprint density at radius 2 is 1.93 bits per heavy atom. The third kappa shape index (κ3) is 6.12. The van der Waals surface area contributed by atoms with Gasteiger partial charge < -0.3 is 20.0 Å². The van der Waals surface area contributed by atoms with E-state index in [1.807, 2.05) is 24.4 Å². The van der Waals surface area contributed by atoms with Crippen LogP contribution in [0, 0.1) is 0 Å². The fourth-order valence-corrected chi connectivity index (χ4v) is 3.63. The lowest BCUT2D eigenvalue weighted by Gasteiger charge is -2.38. The second-order valence-electron chi connectivity index (χ2n) is 6.68. The summed E-state index contributed by atoms with van der Waals surface area (Å²) in [6, 6.07) is 5.69. The van der Waals surface area contributed by atoms with Gasteiger partial charge in [-0.15, -0.1) is 6.58 Å². The molecule has 0 aliphatic carbocycles. The van der Waals surface area contributed by atoms with Crippen molar-refractivity contribution in [3.63, 3.8) is 0 Å². The fraction of sp³-hybridized carbons (Fsp3) is 0.429. The molecule has 0 saturated carbocycles. The topological polar surface area (TPSA) is 21.8 Å². The zero-order chi connectivity index (χ0) is 19.8. The molecule has 148 valence electrons. The second kappa shape index (κ2) is 10.5. The molecule has 0 radical (unpaired) electrons. The first-order chi connectivity index (χ1) is 13.0.